The Hall–Kier alpha value is -2.25. The molecule has 2 heterocycles. The molecule has 0 spiro atoms. The number of aryl methyl sites for hydroxylation is 1. The number of benzene rings is 1. The zero-order valence-electron chi connectivity index (χ0n) is 20.2. The van der Waals surface area contributed by atoms with E-state index in [2.05, 4.69) is 26.1 Å². The predicted octanol–water partition coefficient (Wildman–Crippen LogP) is 6.65. The summed E-state index contributed by atoms with van der Waals surface area (Å²) in [5, 5.41) is 4.90. The van der Waals surface area contributed by atoms with E-state index >= 15 is 0 Å². The van der Waals surface area contributed by atoms with E-state index in [0.717, 1.165) is 41.4 Å². The highest BCUT2D eigenvalue weighted by Crippen LogP contribution is 2.46. The molecule has 34 heavy (non-hydrogen) atoms. The van der Waals surface area contributed by atoms with Crippen molar-refractivity contribution in [2.75, 3.05) is 11.1 Å². The lowest BCUT2D eigenvalue weighted by molar-refractivity contribution is -0.114. The Morgan fingerprint density at radius 2 is 1.85 bits per heavy atom. The molecule has 1 atom stereocenters. The van der Waals surface area contributed by atoms with Crippen LogP contribution >= 0.6 is 23.1 Å². The molecule has 7 heteroatoms. The van der Waals surface area contributed by atoms with E-state index < -0.39 is 0 Å². The predicted molar refractivity (Wildman–Crippen MR) is 140 cm³/mol. The van der Waals surface area contributed by atoms with Gasteiger partial charge in [0.15, 0.2) is 5.78 Å². The van der Waals surface area contributed by atoms with Crippen molar-refractivity contribution in [2.45, 2.75) is 70.7 Å². The number of nitrogens with one attached hydrogen (secondary N) is 1. The summed E-state index contributed by atoms with van der Waals surface area (Å²) in [7, 11) is 0. The first-order valence-electron chi connectivity index (χ1n) is 12.0. The second-order valence-electron chi connectivity index (χ2n) is 10.6. The molecule has 5 nitrogen and oxygen atoms in total. The summed E-state index contributed by atoms with van der Waals surface area (Å²) in [6.07, 6.45) is 5.69. The van der Waals surface area contributed by atoms with Gasteiger partial charge in [0.1, 0.15) is 15.7 Å². The average molecular weight is 494 g/mol. The normalized spacial score (nSPS) is 18.1. The molecule has 5 rings (SSSR count). The number of aromatic nitrogens is 2. The van der Waals surface area contributed by atoms with E-state index in [0.29, 0.717) is 34.3 Å². The number of anilines is 1. The molecular formula is C27H31N3O2S2. The van der Waals surface area contributed by atoms with E-state index in [4.69, 9.17) is 9.97 Å². The van der Waals surface area contributed by atoms with Crippen LogP contribution in [-0.2, 0) is 17.6 Å². The fourth-order valence-electron chi connectivity index (χ4n) is 4.69. The Morgan fingerprint density at radius 1 is 1.12 bits per heavy atom. The van der Waals surface area contributed by atoms with Gasteiger partial charge in [-0.3, -0.25) is 9.59 Å². The highest BCUT2D eigenvalue weighted by atomic mass is 32.2. The molecule has 1 fully saturated rings. The van der Waals surface area contributed by atoms with Gasteiger partial charge in [-0.1, -0.05) is 32.5 Å². The molecule has 1 N–H and O–H groups in total. The van der Waals surface area contributed by atoms with Crippen molar-refractivity contribution in [3.8, 4) is 0 Å². The minimum absolute atomic E-state index is 0.0657. The van der Waals surface area contributed by atoms with Crippen molar-refractivity contribution in [2.24, 2.45) is 11.3 Å². The Morgan fingerprint density at radius 3 is 2.50 bits per heavy atom. The van der Waals surface area contributed by atoms with E-state index in [1.165, 1.54) is 29.2 Å². The molecule has 0 aliphatic heterocycles. The molecule has 3 aromatic rings. The lowest BCUT2D eigenvalue weighted by Gasteiger charge is -2.33. The van der Waals surface area contributed by atoms with Crippen LogP contribution < -0.4 is 5.32 Å². The number of hydrogen-bond donors (Lipinski definition) is 1. The van der Waals surface area contributed by atoms with Gasteiger partial charge in [0.25, 0.3) is 0 Å². The zero-order valence-corrected chi connectivity index (χ0v) is 21.9. The zero-order chi connectivity index (χ0) is 24.0. The van der Waals surface area contributed by atoms with Gasteiger partial charge in [-0.15, -0.1) is 11.3 Å². The smallest absolute Gasteiger partial charge is 0.221 e. The van der Waals surface area contributed by atoms with Crippen LogP contribution in [-0.4, -0.2) is 27.4 Å². The van der Waals surface area contributed by atoms with E-state index in [1.807, 2.05) is 11.3 Å². The fraction of sp³-hybridized carbons (Fsp3) is 0.481. The molecule has 0 saturated heterocycles. The van der Waals surface area contributed by atoms with Gasteiger partial charge >= 0.3 is 0 Å². The van der Waals surface area contributed by atoms with Crippen LogP contribution in [0.5, 0.6) is 0 Å². The summed E-state index contributed by atoms with van der Waals surface area (Å²) in [4.78, 5) is 36.7. The largest absolute Gasteiger partial charge is 0.326 e. The highest BCUT2D eigenvalue weighted by Gasteiger charge is 2.33. The summed E-state index contributed by atoms with van der Waals surface area (Å²) in [6, 6.07) is 7.10. The maximum absolute atomic E-state index is 13.0. The summed E-state index contributed by atoms with van der Waals surface area (Å²) in [5.41, 5.74) is 3.06. The third-order valence-corrected chi connectivity index (χ3v) is 9.05. The van der Waals surface area contributed by atoms with Gasteiger partial charge < -0.3 is 5.32 Å². The molecule has 178 valence electrons. The minimum Gasteiger partial charge on any atom is -0.326 e. The van der Waals surface area contributed by atoms with Gasteiger partial charge in [-0.2, -0.15) is 0 Å². The SMILES string of the molecule is CC(=O)Nc1ccc(C(=O)CSc2nc(C3CC3)nc3sc4c(c23)CC[C@@H](C(C)(C)C)C4)cc1. The molecule has 2 aromatic heterocycles. The van der Waals surface area contributed by atoms with Crippen molar-refractivity contribution in [1.82, 2.24) is 9.97 Å². The number of hydrogen-bond acceptors (Lipinski definition) is 6. The maximum atomic E-state index is 13.0. The fourth-order valence-corrected chi connectivity index (χ4v) is 7.02. The molecule has 0 radical (unpaired) electrons. The number of rotatable bonds is 6. The second-order valence-corrected chi connectivity index (χ2v) is 12.7. The maximum Gasteiger partial charge on any atom is 0.221 e. The number of thioether (sulfide) groups is 1. The van der Waals surface area contributed by atoms with Crippen LogP contribution in [0.3, 0.4) is 0 Å². The molecule has 0 unspecified atom stereocenters. The molecule has 2 aliphatic carbocycles. The van der Waals surface area contributed by atoms with Crippen molar-refractivity contribution < 1.29 is 9.59 Å². The highest BCUT2D eigenvalue weighted by molar-refractivity contribution is 8.00. The van der Waals surface area contributed by atoms with Crippen LogP contribution in [0.1, 0.15) is 79.5 Å². The van der Waals surface area contributed by atoms with Gasteiger partial charge in [-0.05, 0) is 73.3 Å². The Labute approximate surface area is 209 Å². The van der Waals surface area contributed by atoms with Gasteiger partial charge in [0.05, 0.1) is 5.75 Å². The summed E-state index contributed by atoms with van der Waals surface area (Å²) in [5.74, 6) is 2.39. The monoisotopic (exact) mass is 493 g/mol. The average Bonchev–Trinajstić information content (AvgIpc) is 3.56. The Balaban J connectivity index is 1.40. The number of nitrogens with zero attached hydrogens (tertiary/aromatic N) is 2. The first kappa shape index (κ1) is 23.5. The van der Waals surface area contributed by atoms with Crippen molar-refractivity contribution in [3.05, 3.63) is 46.1 Å². The number of thiophene rings is 1. The van der Waals surface area contributed by atoms with Crippen LogP contribution in [0.4, 0.5) is 5.69 Å². The number of ketones is 1. The van der Waals surface area contributed by atoms with Crippen molar-refractivity contribution in [3.63, 3.8) is 0 Å². The first-order chi connectivity index (χ1) is 16.2. The van der Waals surface area contributed by atoms with Crippen molar-refractivity contribution in [1.29, 1.82) is 0 Å². The van der Waals surface area contributed by atoms with E-state index in [9.17, 15) is 9.59 Å². The third-order valence-electron chi connectivity index (χ3n) is 6.93. The first-order valence-corrected chi connectivity index (χ1v) is 13.8. The van der Waals surface area contributed by atoms with E-state index in [1.54, 1.807) is 36.0 Å². The second kappa shape index (κ2) is 9.08. The lowest BCUT2D eigenvalue weighted by atomic mass is 9.72. The minimum atomic E-state index is -0.123. The summed E-state index contributed by atoms with van der Waals surface area (Å²) in [6.45, 7) is 8.50. The van der Waals surface area contributed by atoms with Gasteiger partial charge in [0, 0.05) is 34.4 Å². The van der Waals surface area contributed by atoms with Gasteiger partial charge in [0.2, 0.25) is 5.91 Å². The molecule has 1 saturated carbocycles. The number of carbonyl (C=O) groups excluding carboxylic acids is 2. The summed E-state index contributed by atoms with van der Waals surface area (Å²) < 4.78 is 0. The van der Waals surface area contributed by atoms with Crippen LogP contribution in [0.2, 0.25) is 0 Å². The standard InChI is InChI=1S/C27H31N3O2S2/c1-15(31)28-19-10-7-16(8-11-19)21(32)14-33-25-23-20-12-9-18(27(2,3)4)13-22(20)34-26(23)30-24(29-25)17-5-6-17/h7-8,10-11,17-18H,5-6,9,12-14H2,1-4H3,(H,28,31)/t18-/m1/s1. The van der Waals surface area contributed by atoms with Crippen LogP contribution in [0.25, 0.3) is 10.2 Å². The molecule has 1 aromatic carbocycles. The topological polar surface area (TPSA) is 72.0 Å². The quantitative estimate of drug-likeness (QED) is 0.236. The lowest BCUT2D eigenvalue weighted by Crippen LogP contribution is -2.26. The molecule has 0 bridgehead atoms. The molecule has 1 amide bonds. The Kier molecular flexibility index (Phi) is 6.27. The Bertz CT molecular complexity index is 1250. The van der Waals surface area contributed by atoms with Crippen LogP contribution in [0, 0.1) is 11.3 Å². The van der Waals surface area contributed by atoms with Gasteiger partial charge in [-0.25, -0.2) is 9.97 Å². The number of amides is 1. The number of fused-ring (bicyclic) bond motifs is 3. The van der Waals surface area contributed by atoms with Crippen LogP contribution in [0.15, 0.2) is 29.3 Å². The molecule has 2 aliphatic rings. The third kappa shape index (κ3) is 4.91. The summed E-state index contributed by atoms with van der Waals surface area (Å²) >= 11 is 3.39. The number of carbonyl (C=O) groups is 2. The number of Topliss-reactive ketones (excluding diaryl/α,β-unsaturated/α-hetero) is 1. The van der Waals surface area contributed by atoms with E-state index in [-0.39, 0.29) is 11.7 Å². The van der Waals surface area contributed by atoms with Crippen molar-refractivity contribution >= 4 is 50.7 Å². The molecular weight excluding hydrogens is 462 g/mol.